The smallest absolute Gasteiger partial charge is 0.234 e. The van der Waals surface area contributed by atoms with Crippen LogP contribution in [0.4, 0.5) is 0 Å². The number of carbonyl (C=O) groups is 1. The molecule has 0 saturated carbocycles. The van der Waals surface area contributed by atoms with Crippen molar-refractivity contribution in [2.45, 2.75) is 31.1 Å². The van der Waals surface area contributed by atoms with Gasteiger partial charge in [-0.25, -0.2) is 0 Å². The number of carbonyl (C=O) groups excluding carboxylic acids is 1. The molecule has 0 aromatic rings. The van der Waals surface area contributed by atoms with E-state index >= 15 is 0 Å². The number of ether oxygens (including phenoxy) is 1. The number of rotatable bonds is 8. The first-order valence-corrected chi connectivity index (χ1v) is 6.51. The molecule has 0 aliphatic carbocycles. The lowest BCUT2D eigenvalue weighted by Gasteiger charge is -2.25. The lowest BCUT2D eigenvalue weighted by atomic mass is 10.2. The number of primary amides is 1. The van der Waals surface area contributed by atoms with Gasteiger partial charge in [-0.3, -0.25) is 4.79 Å². The van der Waals surface area contributed by atoms with Gasteiger partial charge in [-0.1, -0.05) is 6.92 Å². The molecule has 4 nitrogen and oxygen atoms in total. The second-order valence-electron chi connectivity index (χ2n) is 3.73. The zero-order valence-electron chi connectivity index (χ0n) is 9.20. The van der Waals surface area contributed by atoms with Gasteiger partial charge in [0, 0.05) is 0 Å². The van der Waals surface area contributed by atoms with E-state index in [1.165, 1.54) is 0 Å². The average molecular weight is 232 g/mol. The fourth-order valence-electron chi connectivity index (χ4n) is 1.33. The van der Waals surface area contributed by atoms with Crippen LogP contribution >= 0.6 is 11.8 Å². The van der Waals surface area contributed by atoms with Crippen LogP contribution in [0.15, 0.2) is 0 Å². The minimum atomic E-state index is -0.242. The van der Waals surface area contributed by atoms with Gasteiger partial charge in [0.15, 0.2) is 0 Å². The molecule has 5 heteroatoms. The first-order valence-electron chi connectivity index (χ1n) is 5.46. The lowest BCUT2D eigenvalue weighted by molar-refractivity contribution is -0.120. The van der Waals surface area contributed by atoms with E-state index < -0.39 is 0 Å². The summed E-state index contributed by atoms with van der Waals surface area (Å²) in [6, 6.07) is -0.168. The predicted octanol–water partition coefficient (Wildman–Crippen LogP) is 0.362. The summed E-state index contributed by atoms with van der Waals surface area (Å²) < 4.78 is 5.08. The zero-order valence-corrected chi connectivity index (χ0v) is 10.0. The lowest BCUT2D eigenvalue weighted by Crippen LogP contribution is -2.42. The Balaban J connectivity index is 2.09. The third-order valence-electron chi connectivity index (χ3n) is 2.35. The Labute approximate surface area is 95.3 Å². The van der Waals surface area contributed by atoms with Gasteiger partial charge >= 0.3 is 0 Å². The molecule has 0 radical (unpaired) electrons. The first kappa shape index (κ1) is 12.8. The molecule has 0 aromatic carbocycles. The maximum atomic E-state index is 11.1. The van der Waals surface area contributed by atoms with Crippen LogP contribution in [0.3, 0.4) is 0 Å². The monoisotopic (exact) mass is 232 g/mol. The number of amides is 1. The largest absolute Gasteiger partial charge is 0.379 e. The summed E-state index contributed by atoms with van der Waals surface area (Å²) in [6.45, 7) is 4.64. The Morgan fingerprint density at radius 1 is 1.67 bits per heavy atom. The van der Waals surface area contributed by atoms with Crippen molar-refractivity contribution in [2.24, 2.45) is 5.73 Å². The van der Waals surface area contributed by atoms with Crippen molar-refractivity contribution in [3.8, 4) is 0 Å². The quantitative estimate of drug-likeness (QED) is 0.634. The van der Waals surface area contributed by atoms with Crippen LogP contribution in [0, 0.1) is 0 Å². The Bertz CT molecular complexity index is 198. The van der Waals surface area contributed by atoms with E-state index in [4.69, 9.17) is 10.5 Å². The molecule has 1 saturated heterocycles. The fourth-order valence-corrected chi connectivity index (χ4v) is 2.42. The summed E-state index contributed by atoms with van der Waals surface area (Å²) >= 11 is 1.87. The molecule has 1 unspecified atom stereocenters. The van der Waals surface area contributed by atoms with Crippen molar-refractivity contribution in [3.05, 3.63) is 0 Å². The SMILES string of the molecule is CCCNC(CCSC1COC1)C(N)=O. The summed E-state index contributed by atoms with van der Waals surface area (Å²) in [4.78, 5) is 11.1. The van der Waals surface area contributed by atoms with E-state index in [1.807, 2.05) is 11.8 Å². The first-order chi connectivity index (χ1) is 7.24. The molecule has 1 amide bonds. The van der Waals surface area contributed by atoms with Crippen LogP contribution in [0.25, 0.3) is 0 Å². The van der Waals surface area contributed by atoms with Crippen molar-refractivity contribution in [1.29, 1.82) is 0 Å². The molecule has 1 aliphatic rings. The van der Waals surface area contributed by atoms with Gasteiger partial charge in [-0.15, -0.1) is 0 Å². The van der Waals surface area contributed by atoms with Crippen molar-refractivity contribution >= 4 is 17.7 Å². The van der Waals surface area contributed by atoms with Crippen molar-refractivity contribution in [2.75, 3.05) is 25.5 Å². The van der Waals surface area contributed by atoms with Gasteiger partial charge in [0.05, 0.1) is 24.5 Å². The van der Waals surface area contributed by atoms with E-state index in [2.05, 4.69) is 12.2 Å². The van der Waals surface area contributed by atoms with E-state index in [0.29, 0.717) is 5.25 Å². The van der Waals surface area contributed by atoms with Crippen LogP contribution in [0.5, 0.6) is 0 Å². The number of nitrogens with two attached hydrogens (primary N) is 1. The van der Waals surface area contributed by atoms with Gasteiger partial charge in [0.25, 0.3) is 0 Å². The molecule has 3 N–H and O–H groups in total. The van der Waals surface area contributed by atoms with E-state index in [9.17, 15) is 4.79 Å². The van der Waals surface area contributed by atoms with Crippen LogP contribution in [-0.2, 0) is 9.53 Å². The predicted molar refractivity (Wildman–Crippen MR) is 63.0 cm³/mol. The topological polar surface area (TPSA) is 64.3 Å². The van der Waals surface area contributed by atoms with E-state index in [0.717, 1.165) is 38.4 Å². The standard InChI is InChI=1S/C10H20N2O2S/c1-2-4-12-9(10(11)13)3-5-15-8-6-14-7-8/h8-9,12H,2-7H2,1H3,(H2,11,13). The van der Waals surface area contributed by atoms with Gasteiger partial charge in [-0.05, 0) is 25.1 Å². The van der Waals surface area contributed by atoms with Crippen LogP contribution in [-0.4, -0.2) is 42.7 Å². The maximum absolute atomic E-state index is 11.1. The molecule has 1 atom stereocenters. The van der Waals surface area contributed by atoms with Crippen molar-refractivity contribution in [1.82, 2.24) is 5.32 Å². The van der Waals surface area contributed by atoms with E-state index in [-0.39, 0.29) is 11.9 Å². The summed E-state index contributed by atoms with van der Waals surface area (Å²) in [5.41, 5.74) is 5.31. The molecule has 0 spiro atoms. The average Bonchev–Trinajstić information content (AvgIpc) is 2.13. The minimum Gasteiger partial charge on any atom is -0.379 e. The molecule has 15 heavy (non-hydrogen) atoms. The molecule has 1 fully saturated rings. The third-order valence-corrected chi connectivity index (χ3v) is 3.57. The molecule has 0 bridgehead atoms. The summed E-state index contributed by atoms with van der Waals surface area (Å²) in [6.07, 6.45) is 1.84. The Hall–Kier alpha value is -0.260. The number of hydrogen-bond donors (Lipinski definition) is 2. The normalized spacial score (nSPS) is 18.5. The molecule has 1 rings (SSSR count). The number of thioether (sulfide) groups is 1. The second kappa shape index (κ2) is 7.09. The number of nitrogens with one attached hydrogen (secondary N) is 1. The second-order valence-corrected chi connectivity index (χ2v) is 5.14. The van der Waals surface area contributed by atoms with Crippen molar-refractivity contribution in [3.63, 3.8) is 0 Å². The maximum Gasteiger partial charge on any atom is 0.234 e. The highest BCUT2D eigenvalue weighted by Gasteiger charge is 2.20. The van der Waals surface area contributed by atoms with Gasteiger partial charge in [-0.2, -0.15) is 11.8 Å². The highest BCUT2D eigenvalue weighted by atomic mass is 32.2. The van der Waals surface area contributed by atoms with Gasteiger partial charge < -0.3 is 15.8 Å². The Morgan fingerprint density at radius 3 is 2.87 bits per heavy atom. The summed E-state index contributed by atoms with van der Waals surface area (Å²) in [5, 5.41) is 3.79. The molecule has 1 aliphatic heterocycles. The summed E-state index contributed by atoms with van der Waals surface area (Å²) in [7, 11) is 0. The highest BCUT2D eigenvalue weighted by molar-refractivity contribution is 8.00. The molecular formula is C10H20N2O2S. The third kappa shape index (κ3) is 4.86. The summed E-state index contributed by atoms with van der Waals surface area (Å²) in [5.74, 6) is 0.729. The van der Waals surface area contributed by atoms with Crippen LogP contribution in [0.2, 0.25) is 0 Å². The number of hydrogen-bond acceptors (Lipinski definition) is 4. The van der Waals surface area contributed by atoms with Crippen LogP contribution < -0.4 is 11.1 Å². The van der Waals surface area contributed by atoms with Crippen LogP contribution in [0.1, 0.15) is 19.8 Å². The molecule has 88 valence electrons. The Kier molecular flexibility index (Phi) is 6.05. The van der Waals surface area contributed by atoms with Crippen molar-refractivity contribution < 1.29 is 9.53 Å². The molecular weight excluding hydrogens is 212 g/mol. The van der Waals surface area contributed by atoms with Gasteiger partial charge in [0.1, 0.15) is 0 Å². The molecule has 1 heterocycles. The highest BCUT2D eigenvalue weighted by Crippen LogP contribution is 2.19. The molecule has 0 aromatic heterocycles. The Morgan fingerprint density at radius 2 is 2.40 bits per heavy atom. The fraction of sp³-hybridized carbons (Fsp3) is 0.900. The zero-order chi connectivity index (χ0) is 11.1. The van der Waals surface area contributed by atoms with E-state index in [1.54, 1.807) is 0 Å². The minimum absolute atomic E-state index is 0.168. The van der Waals surface area contributed by atoms with Gasteiger partial charge in [0.2, 0.25) is 5.91 Å².